The zero-order chi connectivity index (χ0) is 16.6. The summed E-state index contributed by atoms with van der Waals surface area (Å²) in [4.78, 5) is 25.9. The van der Waals surface area contributed by atoms with Gasteiger partial charge in [-0.3, -0.25) is 4.79 Å². The van der Waals surface area contributed by atoms with Gasteiger partial charge in [0, 0.05) is 17.6 Å². The molecule has 124 valence electrons. The van der Waals surface area contributed by atoms with E-state index < -0.39 is 11.4 Å². The monoisotopic (exact) mass is 380 g/mol. The number of carbonyl (C=O) groups excluding carboxylic acids is 1. The summed E-state index contributed by atoms with van der Waals surface area (Å²) in [5.41, 5.74) is 0.298. The minimum Gasteiger partial charge on any atom is -0.481 e. The maximum Gasteiger partial charge on any atom is 0.317 e. The van der Waals surface area contributed by atoms with Gasteiger partial charge in [0.25, 0.3) is 0 Å². The molecule has 6 heteroatoms. The quantitative estimate of drug-likeness (QED) is 0.843. The first-order chi connectivity index (χ1) is 10.9. The molecule has 2 aliphatic rings. The van der Waals surface area contributed by atoms with E-state index in [4.69, 9.17) is 0 Å². The van der Waals surface area contributed by atoms with E-state index in [0.717, 1.165) is 22.9 Å². The van der Waals surface area contributed by atoms with Gasteiger partial charge in [-0.2, -0.15) is 0 Å². The number of carbonyl (C=O) groups is 2. The third-order valence-electron chi connectivity index (χ3n) is 5.29. The number of halogens is 1. The van der Waals surface area contributed by atoms with Crippen molar-refractivity contribution in [3.05, 3.63) is 34.3 Å². The number of nitrogens with one attached hydrogen (secondary N) is 1. The molecule has 3 atom stereocenters. The highest BCUT2D eigenvalue weighted by molar-refractivity contribution is 9.10. The number of fused-ring (bicyclic) bond motifs is 1. The van der Waals surface area contributed by atoms with Crippen molar-refractivity contribution in [1.82, 2.24) is 10.2 Å². The number of likely N-dealkylation sites (tertiary alicyclic amines) is 1. The van der Waals surface area contributed by atoms with Crippen LogP contribution in [0.25, 0.3) is 0 Å². The summed E-state index contributed by atoms with van der Waals surface area (Å²) in [5.74, 6) is -0.662. The summed E-state index contributed by atoms with van der Waals surface area (Å²) >= 11 is 3.40. The van der Waals surface area contributed by atoms with Crippen LogP contribution in [0.3, 0.4) is 0 Å². The molecule has 5 nitrogen and oxygen atoms in total. The number of amides is 2. The molecule has 0 spiro atoms. The van der Waals surface area contributed by atoms with Crippen molar-refractivity contribution in [3.8, 4) is 0 Å². The van der Waals surface area contributed by atoms with Gasteiger partial charge in [0.15, 0.2) is 0 Å². The second kappa shape index (κ2) is 6.15. The molecule has 1 aromatic carbocycles. The summed E-state index contributed by atoms with van der Waals surface area (Å²) < 4.78 is 0.996. The Morgan fingerprint density at radius 3 is 2.70 bits per heavy atom. The van der Waals surface area contributed by atoms with Crippen LogP contribution in [-0.4, -0.2) is 35.1 Å². The topological polar surface area (TPSA) is 69.6 Å². The smallest absolute Gasteiger partial charge is 0.317 e. The van der Waals surface area contributed by atoms with Crippen LogP contribution in [0, 0.1) is 11.3 Å². The van der Waals surface area contributed by atoms with E-state index in [2.05, 4.69) is 21.2 Å². The Balaban J connectivity index is 1.65. The zero-order valence-electron chi connectivity index (χ0n) is 13.1. The van der Waals surface area contributed by atoms with Crippen LogP contribution < -0.4 is 5.32 Å². The van der Waals surface area contributed by atoms with Gasteiger partial charge in [-0.15, -0.1) is 0 Å². The third-order valence-corrected chi connectivity index (χ3v) is 5.82. The number of carboxylic acids is 1. The van der Waals surface area contributed by atoms with Crippen LogP contribution in [0.4, 0.5) is 4.79 Å². The Kier molecular flexibility index (Phi) is 4.36. The molecule has 1 saturated carbocycles. The lowest BCUT2D eigenvalue weighted by Gasteiger charge is -2.24. The van der Waals surface area contributed by atoms with Crippen molar-refractivity contribution in [3.63, 3.8) is 0 Å². The number of nitrogens with zero attached hydrogens (tertiary/aromatic N) is 1. The molecule has 0 unspecified atom stereocenters. The van der Waals surface area contributed by atoms with Crippen LogP contribution >= 0.6 is 15.9 Å². The van der Waals surface area contributed by atoms with Gasteiger partial charge < -0.3 is 15.3 Å². The second-order valence-corrected chi connectivity index (χ2v) is 7.57. The fourth-order valence-corrected chi connectivity index (χ4v) is 4.17. The molecule has 0 radical (unpaired) electrons. The van der Waals surface area contributed by atoms with Gasteiger partial charge >= 0.3 is 12.0 Å². The molecule has 0 bridgehead atoms. The predicted octanol–water partition coefficient (Wildman–Crippen LogP) is 3.41. The summed E-state index contributed by atoms with van der Waals surface area (Å²) in [7, 11) is 0. The molecule has 1 saturated heterocycles. The molecule has 3 rings (SSSR count). The minimum atomic E-state index is -0.753. The summed E-state index contributed by atoms with van der Waals surface area (Å²) in [6.07, 6.45) is 2.53. The van der Waals surface area contributed by atoms with Crippen molar-refractivity contribution in [1.29, 1.82) is 0 Å². The van der Waals surface area contributed by atoms with Crippen molar-refractivity contribution < 1.29 is 14.7 Å². The van der Waals surface area contributed by atoms with E-state index >= 15 is 0 Å². The van der Waals surface area contributed by atoms with Crippen molar-refractivity contribution >= 4 is 27.9 Å². The normalized spacial score (nSPS) is 27.6. The van der Waals surface area contributed by atoms with Gasteiger partial charge in [-0.05, 0) is 43.4 Å². The molecule has 23 heavy (non-hydrogen) atoms. The lowest BCUT2D eigenvalue weighted by Crippen LogP contribution is -2.42. The van der Waals surface area contributed by atoms with Gasteiger partial charge in [-0.1, -0.05) is 34.5 Å². The number of urea groups is 1. The molecule has 1 aliphatic carbocycles. The van der Waals surface area contributed by atoms with Crippen LogP contribution in [0.1, 0.15) is 37.8 Å². The fraction of sp³-hybridized carbons (Fsp3) is 0.529. The summed E-state index contributed by atoms with van der Waals surface area (Å²) in [6, 6.07) is 7.53. The molecule has 2 amide bonds. The van der Waals surface area contributed by atoms with Gasteiger partial charge in [-0.25, -0.2) is 4.79 Å². The van der Waals surface area contributed by atoms with Gasteiger partial charge in [0.2, 0.25) is 0 Å². The van der Waals surface area contributed by atoms with Crippen LogP contribution in [0.15, 0.2) is 28.7 Å². The highest BCUT2D eigenvalue weighted by atomic mass is 79.9. The van der Waals surface area contributed by atoms with E-state index in [9.17, 15) is 14.7 Å². The number of hydrogen-bond donors (Lipinski definition) is 2. The molecule has 1 aliphatic heterocycles. The highest BCUT2D eigenvalue weighted by Gasteiger charge is 2.55. The molecule has 0 aromatic heterocycles. The van der Waals surface area contributed by atoms with Crippen LogP contribution in [-0.2, 0) is 4.79 Å². The molecule has 2 N–H and O–H groups in total. The van der Waals surface area contributed by atoms with Crippen molar-refractivity contribution in [2.24, 2.45) is 11.3 Å². The average molecular weight is 381 g/mol. The Morgan fingerprint density at radius 2 is 2.09 bits per heavy atom. The number of hydrogen-bond acceptors (Lipinski definition) is 2. The Hall–Kier alpha value is -1.56. The van der Waals surface area contributed by atoms with E-state index in [1.165, 1.54) is 0 Å². The minimum absolute atomic E-state index is 0.0914. The maximum absolute atomic E-state index is 12.5. The fourth-order valence-electron chi connectivity index (χ4n) is 3.90. The molecular formula is C17H21BrN2O3. The summed E-state index contributed by atoms with van der Waals surface area (Å²) in [6.45, 7) is 2.81. The lowest BCUT2D eigenvalue weighted by molar-refractivity contribution is -0.149. The Bertz CT molecular complexity index is 619. The summed E-state index contributed by atoms with van der Waals surface area (Å²) in [5, 5.41) is 12.6. The van der Waals surface area contributed by atoms with Gasteiger partial charge in [0.1, 0.15) is 0 Å². The van der Waals surface area contributed by atoms with Crippen molar-refractivity contribution in [2.75, 3.05) is 13.1 Å². The molecule has 1 heterocycles. The van der Waals surface area contributed by atoms with E-state index in [1.54, 1.807) is 4.90 Å². The Morgan fingerprint density at radius 1 is 1.39 bits per heavy atom. The van der Waals surface area contributed by atoms with Gasteiger partial charge in [0.05, 0.1) is 11.5 Å². The number of aliphatic carboxylic acids is 1. The molecule has 1 aromatic rings. The molecule has 2 fully saturated rings. The largest absolute Gasteiger partial charge is 0.481 e. The SMILES string of the molecule is C[C@@H](NC(=O)N1C[C@@H]2CCC[C@@]2(C(=O)O)C1)c1ccc(Br)cc1. The first-order valence-corrected chi connectivity index (χ1v) is 8.76. The number of benzene rings is 1. The van der Waals surface area contributed by atoms with E-state index in [-0.39, 0.29) is 18.0 Å². The first-order valence-electron chi connectivity index (χ1n) is 7.97. The van der Waals surface area contributed by atoms with E-state index in [0.29, 0.717) is 19.5 Å². The standard InChI is InChI=1S/C17H21BrN2O3/c1-11(12-4-6-14(18)7-5-12)19-16(23)20-9-13-3-2-8-17(13,10-20)15(21)22/h4-7,11,13H,2-3,8-10H2,1H3,(H,19,23)(H,21,22)/t11-,13+,17-/m1/s1. The van der Waals surface area contributed by atoms with Crippen LogP contribution in [0.5, 0.6) is 0 Å². The second-order valence-electron chi connectivity index (χ2n) is 6.65. The number of rotatable bonds is 3. The average Bonchev–Trinajstić information content (AvgIpc) is 3.05. The third kappa shape index (κ3) is 2.96. The van der Waals surface area contributed by atoms with Crippen molar-refractivity contribution in [2.45, 2.75) is 32.2 Å². The highest BCUT2D eigenvalue weighted by Crippen LogP contribution is 2.48. The zero-order valence-corrected chi connectivity index (χ0v) is 14.7. The Labute approximate surface area is 144 Å². The molecular weight excluding hydrogens is 360 g/mol. The van der Waals surface area contributed by atoms with E-state index in [1.807, 2.05) is 31.2 Å². The lowest BCUT2D eigenvalue weighted by atomic mass is 9.81. The number of carboxylic acid groups (broad SMARTS) is 1. The first kappa shape index (κ1) is 16.3. The van der Waals surface area contributed by atoms with Crippen LogP contribution in [0.2, 0.25) is 0 Å². The maximum atomic E-state index is 12.5. The predicted molar refractivity (Wildman–Crippen MR) is 90.1 cm³/mol.